The molecule has 2 unspecified atom stereocenters. The summed E-state index contributed by atoms with van der Waals surface area (Å²) in [5.74, 6) is -4.06. The number of carbonyl (C=O) groups excluding carboxylic acids is 6. The summed E-state index contributed by atoms with van der Waals surface area (Å²) in [5.41, 5.74) is 7.65. The highest BCUT2D eigenvalue weighted by atomic mass is 19.4. The summed E-state index contributed by atoms with van der Waals surface area (Å²) in [6.07, 6.45) is -0.793. The molecule has 8 rings (SSSR count). The number of amides is 6. The van der Waals surface area contributed by atoms with Crippen LogP contribution in [0.3, 0.4) is 0 Å². The normalized spacial score (nSPS) is 17.5. The van der Waals surface area contributed by atoms with Crippen molar-refractivity contribution in [2.24, 2.45) is 5.73 Å². The van der Waals surface area contributed by atoms with Gasteiger partial charge in [-0.2, -0.15) is 18.3 Å². The Balaban J connectivity index is 0.757. The first kappa shape index (κ1) is 47.0. The van der Waals surface area contributed by atoms with Gasteiger partial charge in [0.15, 0.2) is 11.4 Å². The number of nitrogens with one attached hydrogen (secondary N) is 4. The van der Waals surface area contributed by atoms with Crippen LogP contribution in [0.1, 0.15) is 60.1 Å². The van der Waals surface area contributed by atoms with Gasteiger partial charge < -0.3 is 40.3 Å². The van der Waals surface area contributed by atoms with Crippen molar-refractivity contribution in [2.45, 2.75) is 37.8 Å². The Morgan fingerprint density at radius 3 is 2.59 bits per heavy atom. The van der Waals surface area contributed by atoms with E-state index in [4.69, 9.17) is 24.4 Å². The monoisotopic (exact) mass is 943 g/mol. The molecule has 0 saturated carbocycles. The minimum atomic E-state index is -4.46. The van der Waals surface area contributed by atoms with Gasteiger partial charge in [0.05, 0.1) is 67.8 Å². The topological polar surface area (TPSA) is 267 Å². The number of hydrogen-bond acceptors (Lipinski definition) is 16. The van der Waals surface area contributed by atoms with Crippen molar-refractivity contribution in [3.05, 3.63) is 101 Å². The van der Waals surface area contributed by atoms with Crippen molar-refractivity contribution in [3.63, 3.8) is 0 Å². The third-order valence-electron chi connectivity index (χ3n) is 11.0. The Morgan fingerprint density at radius 1 is 0.985 bits per heavy atom. The van der Waals surface area contributed by atoms with Gasteiger partial charge in [-0.1, -0.05) is 18.2 Å². The van der Waals surface area contributed by atoms with E-state index in [1.165, 1.54) is 35.3 Å². The number of benzene rings is 2. The second-order valence-electron chi connectivity index (χ2n) is 15.8. The zero-order chi connectivity index (χ0) is 48.0. The van der Waals surface area contributed by atoms with Gasteiger partial charge in [0.1, 0.15) is 24.7 Å². The van der Waals surface area contributed by atoms with Crippen LogP contribution in [0.2, 0.25) is 0 Å². The molecule has 0 aliphatic carbocycles. The molecule has 0 bridgehead atoms. The molecule has 6 heterocycles. The SMILES string of the molecule is NC(=O)c1nn(-c2ccc(COCC3CN(CCOCCNc4cccc5c4C(=O)N(C4CCC(=O)NC4=O)C5=O)CCO3)cc2)cc1NC(=O)c1coc(-c2ccnc(NCC(F)(F)F)c2)n1. The lowest BCUT2D eigenvalue weighted by atomic mass is 10.0. The molecule has 6 N–H and O–H groups in total. The number of aromatic nitrogens is 4. The summed E-state index contributed by atoms with van der Waals surface area (Å²) in [5, 5.41) is 14.3. The van der Waals surface area contributed by atoms with Gasteiger partial charge in [0.2, 0.25) is 17.7 Å². The van der Waals surface area contributed by atoms with E-state index in [2.05, 4.69) is 41.2 Å². The lowest BCUT2D eigenvalue weighted by Crippen LogP contribution is -2.54. The Kier molecular flexibility index (Phi) is 14.2. The second kappa shape index (κ2) is 20.5. The lowest BCUT2D eigenvalue weighted by molar-refractivity contribution is -0.136. The maximum Gasteiger partial charge on any atom is 0.405 e. The fourth-order valence-corrected chi connectivity index (χ4v) is 7.68. The zero-order valence-corrected chi connectivity index (χ0v) is 36.0. The van der Waals surface area contributed by atoms with Gasteiger partial charge in [-0.3, -0.25) is 43.9 Å². The summed E-state index contributed by atoms with van der Waals surface area (Å²) in [6.45, 7) is 2.97. The van der Waals surface area contributed by atoms with Crippen LogP contribution in [0.25, 0.3) is 17.1 Å². The van der Waals surface area contributed by atoms with Crippen molar-refractivity contribution in [2.75, 3.05) is 75.1 Å². The molecule has 0 radical (unpaired) electrons. The van der Waals surface area contributed by atoms with Crippen LogP contribution in [-0.4, -0.2) is 142 Å². The van der Waals surface area contributed by atoms with Gasteiger partial charge in [-0.25, -0.2) is 14.6 Å². The van der Waals surface area contributed by atoms with Crippen molar-refractivity contribution < 1.29 is 60.6 Å². The van der Waals surface area contributed by atoms with E-state index in [0.29, 0.717) is 57.4 Å². The molecule has 2 atom stereocenters. The number of morpholine rings is 1. The number of oxazole rings is 1. The van der Waals surface area contributed by atoms with Crippen LogP contribution in [0, 0.1) is 0 Å². The first-order chi connectivity index (χ1) is 32.7. The highest BCUT2D eigenvalue weighted by Gasteiger charge is 2.45. The number of piperidine rings is 1. The van der Waals surface area contributed by atoms with Crippen LogP contribution >= 0.6 is 0 Å². The van der Waals surface area contributed by atoms with E-state index < -0.39 is 54.2 Å². The molecule has 3 aromatic heterocycles. The number of pyridine rings is 1. The van der Waals surface area contributed by atoms with Crippen molar-refractivity contribution in [1.29, 1.82) is 0 Å². The Morgan fingerprint density at radius 2 is 1.81 bits per heavy atom. The molecule has 3 aliphatic heterocycles. The Bertz CT molecular complexity index is 2710. The summed E-state index contributed by atoms with van der Waals surface area (Å²) < 4.78 is 62.4. The number of alkyl halides is 3. The van der Waals surface area contributed by atoms with Gasteiger partial charge in [0.25, 0.3) is 23.6 Å². The molecular weight excluding hydrogens is 900 g/mol. The minimum Gasteiger partial charge on any atom is -0.444 e. The van der Waals surface area contributed by atoms with Crippen molar-refractivity contribution in [1.82, 2.24) is 34.9 Å². The maximum atomic E-state index is 13.3. The maximum absolute atomic E-state index is 13.3. The Hall–Kier alpha value is -7.54. The molecule has 356 valence electrons. The van der Waals surface area contributed by atoms with Crippen LogP contribution < -0.4 is 27.0 Å². The van der Waals surface area contributed by atoms with Gasteiger partial charge in [-0.15, -0.1) is 0 Å². The highest BCUT2D eigenvalue weighted by Crippen LogP contribution is 2.32. The largest absolute Gasteiger partial charge is 0.444 e. The molecular formula is C44H44F3N11O10. The lowest BCUT2D eigenvalue weighted by Gasteiger charge is -2.32. The number of fused-ring (bicyclic) bond motifs is 1. The van der Waals surface area contributed by atoms with Crippen LogP contribution in [0.5, 0.6) is 0 Å². The van der Waals surface area contributed by atoms with Gasteiger partial charge >= 0.3 is 6.18 Å². The predicted octanol–water partition coefficient (Wildman–Crippen LogP) is 3.00. The summed E-state index contributed by atoms with van der Waals surface area (Å²) in [6, 6.07) is 13.7. The van der Waals surface area contributed by atoms with E-state index in [1.807, 2.05) is 12.1 Å². The molecule has 68 heavy (non-hydrogen) atoms. The number of imide groups is 2. The minimum absolute atomic E-state index is 0.000801. The smallest absolute Gasteiger partial charge is 0.405 e. The predicted molar refractivity (Wildman–Crippen MR) is 233 cm³/mol. The molecule has 6 amide bonds. The third-order valence-corrected chi connectivity index (χ3v) is 11.0. The number of anilines is 3. The molecule has 2 saturated heterocycles. The zero-order valence-electron chi connectivity index (χ0n) is 36.0. The molecule has 24 heteroatoms. The standard InChI is InChI=1S/C44H44F3N11O10/c45-44(46,47)24-51-34-18-26(10-11-50-34)41-53-32(23-68-41)39(61)52-31-20-57(55-37(31)38(48)60)27-6-4-25(5-7-27)21-66-22-28-19-56(14-17-67-28)13-16-65-15-12-49-30-3-1-2-29-36(30)43(64)58(42(29)63)33-8-9-35(59)54-40(33)62/h1-7,10-11,18,20,23,28,33,49H,8-9,12-17,19,21-22,24H2,(H2,48,60)(H,50,51)(H,52,61)(H,54,59,62). The average molecular weight is 944 g/mol. The van der Waals surface area contributed by atoms with E-state index in [-0.39, 0.29) is 71.0 Å². The van der Waals surface area contributed by atoms with Crippen LogP contribution in [0.15, 0.2) is 77.7 Å². The summed E-state index contributed by atoms with van der Waals surface area (Å²) in [7, 11) is 0. The first-order valence-corrected chi connectivity index (χ1v) is 21.3. The first-order valence-electron chi connectivity index (χ1n) is 21.3. The molecule has 3 aliphatic rings. The third kappa shape index (κ3) is 11.2. The van der Waals surface area contributed by atoms with Gasteiger partial charge in [0, 0.05) is 50.0 Å². The number of nitrogens with two attached hydrogens (primary N) is 1. The summed E-state index contributed by atoms with van der Waals surface area (Å²) in [4.78, 5) is 87.0. The fourth-order valence-electron chi connectivity index (χ4n) is 7.68. The fraction of sp³-hybridized carbons (Fsp3) is 0.341. The van der Waals surface area contributed by atoms with Crippen molar-refractivity contribution in [3.8, 4) is 17.1 Å². The number of hydrogen-bond donors (Lipinski definition) is 5. The van der Waals surface area contributed by atoms with Crippen LogP contribution in [-0.2, 0) is 30.4 Å². The molecule has 5 aromatic rings. The second-order valence-corrected chi connectivity index (χ2v) is 15.8. The van der Waals surface area contributed by atoms with E-state index >= 15 is 0 Å². The number of ether oxygens (including phenoxy) is 3. The molecule has 0 spiro atoms. The number of carbonyl (C=O) groups is 6. The van der Waals surface area contributed by atoms with E-state index in [9.17, 15) is 41.9 Å². The number of primary amides is 1. The molecule has 2 fully saturated rings. The highest BCUT2D eigenvalue weighted by molar-refractivity contribution is 6.25. The Labute approximate surface area is 384 Å². The van der Waals surface area contributed by atoms with E-state index in [1.54, 1.807) is 24.3 Å². The number of nitrogens with zero attached hydrogens (tertiary/aromatic N) is 6. The van der Waals surface area contributed by atoms with Crippen LogP contribution in [0.4, 0.5) is 30.4 Å². The van der Waals surface area contributed by atoms with Gasteiger partial charge in [-0.05, 0) is 48.4 Å². The number of halogens is 3. The molecule has 2 aromatic carbocycles. The number of rotatable bonds is 19. The van der Waals surface area contributed by atoms with E-state index in [0.717, 1.165) is 23.3 Å². The molecule has 21 nitrogen and oxygen atoms in total. The van der Waals surface area contributed by atoms with Crippen molar-refractivity contribution >= 4 is 52.6 Å². The average Bonchev–Trinajstić information content (AvgIpc) is 4.05. The summed E-state index contributed by atoms with van der Waals surface area (Å²) >= 11 is 0. The quantitative estimate of drug-likeness (QED) is 0.0588.